The number of allylic oxidation sites excluding steroid dienone is 1. The summed E-state index contributed by atoms with van der Waals surface area (Å²) in [5.41, 5.74) is 2.02. The fraction of sp³-hybridized carbons (Fsp3) is 0.536. The number of Topliss-reactive ketones (excluding diaryl/α,β-unsaturated/α-hetero) is 2. The molecule has 4 heterocycles. The first-order valence-corrected chi connectivity index (χ1v) is 26.0. The molecular formula is C56H66F10N8O6. The number of aliphatic hydroxyl groups excluding tert-OH is 1. The number of aliphatic hydroxyl groups is 1. The highest BCUT2D eigenvalue weighted by atomic mass is 19.4. The zero-order chi connectivity index (χ0) is 59.1. The molecule has 2 unspecified atom stereocenters. The molecule has 2 bridgehead atoms. The Morgan fingerprint density at radius 1 is 0.887 bits per heavy atom. The van der Waals surface area contributed by atoms with E-state index in [1.54, 1.807) is 30.5 Å². The minimum Gasteiger partial charge on any atom is -0.398 e. The molecule has 5 N–H and O–H groups in total. The van der Waals surface area contributed by atoms with Crippen LogP contribution in [-0.2, 0) is 36.9 Å². The number of pyridine rings is 1. The van der Waals surface area contributed by atoms with Gasteiger partial charge >= 0.3 is 18.9 Å². The van der Waals surface area contributed by atoms with Crippen molar-refractivity contribution in [3.8, 4) is 11.8 Å². The molecule has 0 aliphatic carbocycles. The van der Waals surface area contributed by atoms with Crippen LogP contribution in [0.4, 0.5) is 49.7 Å². The zero-order valence-corrected chi connectivity index (χ0v) is 45.0. The number of ketones is 2. The van der Waals surface area contributed by atoms with Gasteiger partial charge in [-0.3, -0.25) is 24.7 Å². The van der Waals surface area contributed by atoms with Crippen LogP contribution in [0.15, 0.2) is 65.8 Å². The van der Waals surface area contributed by atoms with E-state index in [1.807, 2.05) is 12.1 Å². The fourth-order valence-corrected chi connectivity index (χ4v) is 10.1. The molecule has 3 aliphatic heterocycles. The number of ether oxygens (including phenoxy) is 1. The monoisotopic (exact) mass is 1140 g/mol. The summed E-state index contributed by atoms with van der Waals surface area (Å²) in [6.07, 6.45) is -9.32. The van der Waals surface area contributed by atoms with Gasteiger partial charge in [-0.05, 0) is 94.0 Å². The normalized spacial score (nSPS) is 19.1. The van der Waals surface area contributed by atoms with E-state index in [1.165, 1.54) is 6.92 Å². The summed E-state index contributed by atoms with van der Waals surface area (Å²) >= 11 is 0. The molecule has 0 radical (unpaired) electrons. The van der Waals surface area contributed by atoms with Crippen molar-refractivity contribution in [3.05, 3.63) is 100 Å². The van der Waals surface area contributed by atoms with E-state index in [2.05, 4.69) is 42.4 Å². The quantitative estimate of drug-likeness (QED) is 0.0237. The average molecular weight is 1140 g/mol. The van der Waals surface area contributed by atoms with Crippen molar-refractivity contribution in [1.29, 1.82) is 0 Å². The highest BCUT2D eigenvalue weighted by molar-refractivity contribution is 5.90. The average Bonchev–Trinajstić information content (AvgIpc) is 3.59. The number of hydrazine groups is 1. The van der Waals surface area contributed by atoms with Gasteiger partial charge in [0.1, 0.15) is 29.3 Å². The Morgan fingerprint density at radius 3 is 1.99 bits per heavy atom. The fourth-order valence-electron chi connectivity index (χ4n) is 10.1. The van der Waals surface area contributed by atoms with Gasteiger partial charge in [-0.2, -0.15) is 35.1 Å². The predicted octanol–water partition coefficient (Wildman–Crippen LogP) is 8.08. The summed E-state index contributed by atoms with van der Waals surface area (Å²) < 4.78 is 150. The van der Waals surface area contributed by atoms with E-state index >= 15 is 8.78 Å². The van der Waals surface area contributed by atoms with Crippen LogP contribution in [0.3, 0.4) is 0 Å². The Bertz CT molecular complexity index is 2770. The molecule has 6 rings (SSSR count). The molecule has 0 spiro atoms. The van der Waals surface area contributed by atoms with Crippen LogP contribution < -0.4 is 21.4 Å². The molecule has 80 heavy (non-hydrogen) atoms. The van der Waals surface area contributed by atoms with Gasteiger partial charge in [0.05, 0.1) is 42.1 Å². The number of aromatic nitrogens is 1. The smallest absolute Gasteiger partial charge is 0.396 e. The van der Waals surface area contributed by atoms with E-state index in [-0.39, 0.29) is 18.4 Å². The van der Waals surface area contributed by atoms with Gasteiger partial charge in [0.15, 0.2) is 5.78 Å². The third-order valence-electron chi connectivity index (χ3n) is 15.2. The van der Waals surface area contributed by atoms with E-state index in [9.17, 15) is 59.4 Å². The lowest BCUT2D eigenvalue weighted by Gasteiger charge is -2.47. The van der Waals surface area contributed by atoms with Crippen LogP contribution in [0.1, 0.15) is 101 Å². The highest BCUT2D eigenvalue weighted by Crippen LogP contribution is 2.46. The number of hydrogen-bond acceptors (Lipinski definition) is 12. The van der Waals surface area contributed by atoms with Crippen molar-refractivity contribution in [2.45, 2.75) is 136 Å². The van der Waals surface area contributed by atoms with Crippen LogP contribution >= 0.6 is 0 Å². The van der Waals surface area contributed by atoms with Gasteiger partial charge in [0.2, 0.25) is 11.8 Å². The molecule has 2 aromatic carbocycles. The molecule has 3 aliphatic rings. The number of carbonyl (C=O) groups is 4. The second kappa shape index (κ2) is 26.0. The molecule has 3 aromatic rings. The number of piperazine rings is 1. The molecule has 3 fully saturated rings. The molecule has 14 nitrogen and oxygen atoms in total. The minimum atomic E-state index is -5.10. The lowest BCUT2D eigenvalue weighted by molar-refractivity contribution is -0.230. The van der Waals surface area contributed by atoms with Gasteiger partial charge in [-0.1, -0.05) is 44.7 Å². The van der Waals surface area contributed by atoms with E-state index in [0.29, 0.717) is 85.9 Å². The first-order valence-electron chi connectivity index (χ1n) is 26.0. The van der Waals surface area contributed by atoms with Crippen molar-refractivity contribution < 1.29 is 72.9 Å². The number of carbonyl (C=O) groups excluding carboxylic acids is 4. The third-order valence-corrected chi connectivity index (χ3v) is 15.2. The second-order valence-corrected chi connectivity index (χ2v) is 21.7. The van der Waals surface area contributed by atoms with Gasteiger partial charge in [-0.15, -0.1) is 0 Å². The Labute approximate surface area is 457 Å². The van der Waals surface area contributed by atoms with Gasteiger partial charge in [-0.25, -0.2) is 23.8 Å². The summed E-state index contributed by atoms with van der Waals surface area (Å²) in [5.74, 6) is -3.87. The molecule has 436 valence electrons. The number of rotatable bonds is 23. The number of nitrogens with one attached hydrogen (secondary N) is 2. The zero-order valence-electron chi connectivity index (χ0n) is 45.0. The van der Waals surface area contributed by atoms with Crippen molar-refractivity contribution in [2.75, 3.05) is 37.7 Å². The number of amides is 2. The van der Waals surface area contributed by atoms with Crippen LogP contribution in [0.5, 0.6) is 0 Å². The Kier molecular flexibility index (Phi) is 20.4. The Hall–Kier alpha value is -6.42. The van der Waals surface area contributed by atoms with E-state index in [4.69, 9.17) is 10.5 Å². The lowest BCUT2D eigenvalue weighted by Crippen LogP contribution is -2.62. The number of aliphatic imine (C=N–C) groups is 1. The number of nitrogens with two attached hydrogens (primary N) is 1. The maximum Gasteiger partial charge on any atom is 0.396 e. The number of hydrogen-bond donors (Lipinski definition) is 4. The largest absolute Gasteiger partial charge is 0.398 e. The van der Waals surface area contributed by atoms with Gasteiger partial charge < -0.3 is 30.6 Å². The van der Waals surface area contributed by atoms with Crippen LogP contribution in [-0.4, -0.2) is 132 Å². The van der Waals surface area contributed by atoms with Crippen LogP contribution in [0.25, 0.3) is 5.70 Å². The summed E-state index contributed by atoms with van der Waals surface area (Å²) in [4.78, 5) is 65.6. The summed E-state index contributed by atoms with van der Waals surface area (Å²) in [7, 11) is 0. The lowest BCUT2D eigenvalue weighted by atomic mass is 9.75. The first-order chi connectivity index (χ1) is 37.4. The molecule has 1 aromatic heterocycles. The molecule has 3 saturated heterocycles. The maximum atomic E-state index is 16.0. The number of halogens is 10. The number of anilines is 1. The predicted molar refractivity (Wildman–Crippen MR) is 277 cm³/mol. The van der Waals surface area contributed by atoms with Crippen molar-refractivity contribution >= 4 is 41.1 Å². The van der Waals surface area contributed by atoms with Gasteiger partial charge in [0.25, 0.3) is 0 Å². The van der Waals surface area contributed by atoms with Crippen LogP contribution in [0, 0.1) is 46.1 Å². The minimum absolute atomic E-state index is 0.314. The molecule has 0 saturated carbocycles. The van der Waals surface area contributed by atoms with E-state index in [0.717, 1.165) is 58.0 Å². The molecule has 6 atom stereocenters. The van der Waals surface area contributed by atoms with Gasteiger partial charge in [0, 0.05) is 97.9 Å². The Balaban J connectivity index is 1.31. The first kappa shape index (κ1) is 62.8. The SMILES string of the molecule is CCC(=O)N[C@H](C(=O)C[C@@H](Cc1ccc(C#Cc2ccc(N3CC4CCC(C3)N4C3COC3)nc2)cc1)[C@@H](O)CN(Cc1c(F)cc(C(N)=CC=NC(F)F)cc1F)NC(=O)[C@@H](CC(C)=O)C(C)(C)C(F)(F)F)C(C)(C)C(F)(F)F. The second-order valence-electron chi connectivity index (χ2n) is 21.7. The molecular weight excluding hydrogens is 1070 g/mol. The standard InChI is InChI=1S/C56H66F10N8O6/c1-7-49(78)70-50(54(5,6)56(64,65)66)46(76)24-37(21-34-11-8-33(9-12-34)10-13-35-14-17-48(69-25-35)72-26-38-15-16-39(27-72)74(38)40-30-80-31-40)47(77)29-73(71-51(79)42(20-32(2)75)53(3,4)55(61,62)63)28-41-43(57)22-36(23-44(41)58)45(67)18-19-68-52(59)60/h8-9,11-12,14,17-19,22-23,25,37-40,42,47,50,52,77H,7,15-16,20-21,24,26-31,67H2,1-6H3,(H,70,78)(H,71,79)/t37-,38?,39?,42-,47+,50-/m1/s1. The molecule has 2 amide bonds. The van der Waals surface area contributed by atoms with Crippen molar-refractivity contribution in [3.63, 3.8) is 0 Å². The topological polar surface area (TPSA) is 183 Å². The van der Waals surface area contributed by atoms with Crippen molar-refractivity contribution in [2.24, 2.45) is 33.4 Å². The van der Waals surface area contributed by atoms with Crippen LogP contribution in [0.2, 0.25) is 0 Å². The number of fused-ring (bicyclic) bond motifs is 2. The maximum absolute atomic E-state index is 16.0. The summed E-state index contributed by atoms with van der Waals surface area (Å²) in [5, 5.41) is 14.9. The highest BCUT2D eigenvalue weighted by Gasteiger charge is 2.57. The number of alkyl halides is 8. The summed E-state index contributed by atoms with van der Waals surface area (Å²) in [6.45, 7) is 3.04. The Morgan fingerprint density at radius 2 is 1.48 bits per heavy atom. The van der Waals surface area contributed by atoms with E-state index < -0.39 is 126 Å². The third kappa shape index (κ3) is 15.5. The van der Waals surface area contributed by atoms with Crippen molar-refractivity contribution in [1.82, 2.24) is 25.6 Å². The number of benzene rings is 2. The number of nitrogens with zero attached hydrogens (tertiary/aromatic N) is 5. The summed E-state index contributed by atoms with van der Waals surface area (Å²) in [6, 6.07) is 10.5. The molecule has 24 heteroatoms.